The molecule has 7 heteroatoms. The number of ether oxygens (including phenoxy) is 1. The first-order chi connectivity index (χ1) is 9.63. The van der Waals surface area contributed by atoms with Crippen LogP contribution in [-0.4, -0.2) is 27.9 Å². The number of benzene rings is 1. The van der Waals surface area contributed by atoms with E-state index in [1.165, 1.54) is 12.1 Å². The normalized spacial score (nSPS) is 11.0. The zero-order valence-corrected chi connectivity index (χ0v) is 11.1. The van der Waals surface area contributed by atoms with Crippen LogP contribution in [0.1, 0.15) is 11.4 Å². The Labute approximate surface area is 115 Å². The summed E-state index contributed by atoms with van der Waals surface area (Å²) < 4.78 is 29.9. The van der Waals surface area contributed by atoms with E-state index in [1.807, 2.05) is 7.05 Å². The third kappa shape index (κ3) is 4.58. The summed E-state index contributed by atoms with van der Waals surface area (Å²) in [6.07, 6.45) is 2.41. The first-order valence-electron chi connectivity index (χ1n) is 6.22. The molecule has 108 valence electrons. The van der Waals surface area contributed by atoms with Crippen molar-refractivity contribution in [3.63, 3.8) is 0 Å². The molecule has 5 nitrogen and oxygen atoms in total. The molecule has 20 heavy (non-hydrogen) atoms. The first-order valence-corrected chi connectivity index (χ1v) is 6.22. The number of alkyl halides is 2. The van der Waals surface area contributed by atoms with Crippen molar-refractivity contribution in [2.24, 2.45) is 7.05 Å². The topological polar surface area (TPSA) is 52.0 Å². The number of hydrogen-bond donors (Lipinski definition) is 1. The van der Waals surface area contributed by atoms with Gasteiger partial charge < -0.3 is 10.1 Å². The van der Waals surface area contributed by atoms with E-state index in [0.717, 1.165) is 24.4 Å². The van der Waals surface area contributed by atoms with Crippen LogP contribution in [0.15, 0.2) is 30.6 Å². The molecular weight excluding hydrogens is 266 g/mol. The van der Waals surface area contributed by atoms with Gasteiger partial charge in [-0.15, -0.1) is 0 Å². The Morgan fingerprint density at radius 1 is 1.30 bits per heavy atom. The van der Waals surface area contributed by atoms with Gasteiger partial charge in [-0.05, 0) is 17.7 Å². The molecule has 0 unspecified atom stereocenters. The highest BCUT2D eigenvalue weighted by atomic mass is 19.3. The van der Waals surface area contributed by atoms with Crippen molar-refractivity contribution < 1.29 is 13.5 Å². The molecule has 0 bridgehead atoms. The Morgan fingerprint density at radius 2 is 2.05 bits per heavy atom. The summed E-state index contributed by atoms with van der Waals surface area (Å²) in [6, 6.07) is 6.57. The summed E-state index contributed by atoms with van der Waals surface area (Å²) in [5.74, 6) is 0.960. The number of rotatable bonds is 7. The molecule has 2 aromatic rings. The van der Waals surface area contributed by atoms with E-state index in [0.29, 0.717) is 6.54 Å². The van der Waals surface area contributed by atoms with Gasteiger partial charge in [0.15, 0.2) is 5.82 Å². The molecule has 0 amide bonds. The van der Waals surface area contributed by atoms with Gasteiger partial charge in [-0.1, -0.05) is 12.1 Å². The first kappa shape index (κ1) is 14.4. The Morgan fingerprint density at radius 3 is 2.65 bits per heavy atom. The SMILES string of the molecule is Cn1cnc(CCNCc2ccc(OC(F)F)cc2)n1. The Kier molecular flexibility index (Phi) is 5.00. The monoisotopic (exact) mass is 282 g/mol. The second-order valence-corrected chi connectivity index (χ2v) is 4.28. The smallest absolute Gasteiger partial charge is 0.387 e. The summed E-state index contributed by atoms with van der Waals surface area (Å²) in [5.41, 5.74) is 1.00. The average molecular weight is 282 g/mol. The number of aryl methyl sites for hydroxylation is 1. The Balaban J connectivity index is 1.71. The predicted octanol–water partition coefficient (Wildman–Crippen LogP) is 1.75. The summed E-state index contributed by atoms with van der Waals surface area (Å²) in [4.78, 5) is 4.12. The zero-order valence-electron chi connectivity index (χ0n) is 11.1. The molecular formula is C13H16F2N4O. The lowest BCUT2D eigenvalue weighted by Crippen LogP contribution is -2.17. The lowest BCUT2D eigenvalue weighted by atomic mass is 10.2. The second-order valence-electron chi connectivity index (χ2n) is 4.28. The third-order valence-electron chi connectivity index (χ3n) is 2.65. The zero-order chi connectivity index (χ0) is 14.4. The van der Waals surface area contributed by atoms with Crippen molar-refractivity contribution in [1.82, 2.24) is 20.1 Å². The van der Waals surface area contributed by atoms with Gasteiger partial charge >= 0.3 is 6.61 Å². The molecule has 1 N–H and O–H groups in total. The molecule has 0 spiro atoms. The lowest BCUT2D eigenvalue weighted by Gasteiger charge is -2.06. The highest BCUT2D eigenvalue weighted by Crippen LogP contribution is 2.14. The number of halogens is 2. The molecule has 0 fully saturated rings. The van der Waals surface area contributed by atoms with E-state index in [4.69, 9.17) is 0 Å². The van der Waals surface area contributed by atoms with E-state index in [2.05, 4.69) is 20.1 Å². The van der Waals surface area contributed by atoms with Crippen molar-refractivity contribution in [3.05, 3.63) is 42.0 Å². The van der Waals surface area contributed by atoms with E-state index < -0.39 is 6.61 Å². The summed E-state index contributed by atoms with van der Waals surface area (Å²) in [6.45, 7) is -1.38. The van der Waals surface area contributed by atoms with Crippen molar-refractivity contribution >= 4 is 0 Å². The van der Waals surface area contributed by atoms with E-state index in [-0.39, 0.29) is 5.75 Å². The number of hydrogen-bond acceptors (Lipinski definition) is 4. The van der Waals surface area contributed by atoms with Gasteiger partial charge in [-0.25, -0.2) is 4.98 Å². The summed E-state index contributed by atoms with van der Waals surface area (Å²) >= 11 is 0. The minimum atomic E-state index is -2.79. The van der Waals surface area contributed by atoms with E-state index in [1.54, 1.807) is 23.1 Å². The van der Waals surface area contributed by atoms with Crippen molar-refractivity contribution in [2.75, 3.05) is 6.54 Å². The van der Waals surface area contributed by atoms with Crippen LogP contribution in [0, 0.1) is 0 Å². The molecule has 1 aromatic heterocycles. The Bertz CT molecular complexity index is 527. The standard InChI is InChI=1S/C13H16F2N4O/c1-19-9-17-12(18-19)6-7-16-8-10-2-4-11(5-3-10)20-13(14)15/h2-5,9,13,16H,6-8H2,1H3. The van der Waals surface area contributed by atoms with Gasteiger partial charge in [0, 0.05) is 26.6 Å². The largest absolute Gasteiger partial charge is 0.435 e. The molecule has 0 aliphatic rings. The van der Waals surface area contributed by atoms with Gasteiger partial charge in [-0.3, -0.25) is 4.68 Å². The van der Waals surface area contributed by atoms with Crippen LogP contribution >= 0.6 is 0 Å². The average Bonchev–Trinajstić information content (AvgIpc) is 2.82. The molecule has 1 heterocycles. The molecule has 0 atom stereocenters. The molecule has 0 radical (unpaired) electrons. The molecule has 0 aliphatic carbocycles. The van der Waals surface area contributed by atoms with Gasteiger partial charge in [-0.2, -0.15) is 13.9 Å². The van der Waals surface area contributed by atoms with E-state index >= 15 is 0 Å². The predicted molar refractivity (Wildman–Crippen MR) is 69.5 cm³/mol. The second kappa shape index (κ2) is 6.95. The van der Waals surface area contributed by atoms with Crippen LogP contribution < -0.4 is 10.1 Å². The molecule has 2 rings (SSSR count). The van der Waals surface area contributed by atoms with Crippen LogP contribution in [0.2, 0.25) is 0 Å². The maximum absolute atomic E-state index is 12.0. The maximum Gasteiger partial charge on any atom is 0.387 e. The quantitative estimate of drug-likeness (QED) is 0.786. The van der Waals surface area contributed by atoms with Crippen LogP contribution in [0.4, 0.5) is 8.78 Å². The molecule has 0 saturated heterocycles. The number of aromatic nitrogens is 3. The van der Waals surface area contributed by atoms with Crippen LogP contribution in [0.3, 0.4) is 0 Å². The summed E-state index contributed by atoms with van der Waals surface area (Å²) in [5, 5.41) is 7.41. The fourth-order valence-corrected chi connectivity index (χ4v) is 1.72. The third-order valence-corrected chi connectivity index (χ3v) is 2.65. The van der Waals surface area contributed by atoms with Gasteiger partial charge in [0.1, 0.15) is 12.1 Å². The maximum atomic E-state index is 12.0. The highest BCUT2D eigenvalue weighted by Gasteiger charge is 2.03. The summed E-state index contributed by atoms with van der Waals surface area (Å²) in [7, 11) is 1.83. The van der Waals surface area contributed by atoms with E-state index in [9.17, 15) is 8.78 Å². The van der Waals surface area contributed by atoms with Crippen LogP contribution in [0.25, 0.3) is 0 Å². The molecule has 0 aliphatic heterocycles. The van der Waals surface area contributed by atoms with Gasteiger partial charge in [0.05, 0.1) is 0 Å². The van der Waals surface area contributed by atoms with Crippen LogP contribution in [-0.2, 0) is 20.0 Å². The van der Waals surface area contributed by atoms with Gasteiger partial charge in [0.2, 0.25) is 0 Å². The minimum Gasteiger partial charge on any atom is -0.435 e. The minimum absolute atomic E-state index is 0.168. The highest BCUT2D eigenvalue weighted by molar-refractivity contribution is 5.27. The lowest BCUT2D eigenvalue weighted by molar-refractivity contribution is -0.0498. The number of nitrogens with one attached hydrogen (secondary N) is 1. The number of nitrogens with zero attached hydrogens (tertiary/aromatic N) is 3. The fourth-order valence-electron chi connectivity index (χ4n) is 1.72. The molecule has 0 saturated carbocycles. The van der Waals surface area contributed by atoms with Crippen molar-refractivity contribution in [1.29, 1.82) is 0 Å². The van der Waals surface area contributed by atoms with Crippen LogP contribution in [0.5, 0.6) is 5.75 Å². The van der Waals surface area contributed by atoms with Gasteiger partial charge in [0.25, 0.3) is 0 Å². The molecule has 1 aromatic carbocycles. The Hall–Kier alpha value is -2.02. The van der Waals surface area contributed by atoms with Crippen molar-refractivity contribution in [2.45, 2.75) is 19.6 Å². The fraction of sp³-hybridized carbons (Fsp3) is 0.385. The van der Waals surface area contributed by atoms with Crippen molar-refractivity contribution in [3.8, 4) is 5.75 Å².